The number of rotatable bonds is 8. The van der Waals surface area contributed by atoms with Gasteiger partial charge < -0.3 is 20.4 Å². The number of amides is 2. The van der Waals surface area contributed by atoms with Gasteiger partial charge in [-0.2, -0.15) is 0 Å². The Labute approximate surface area is 225 Å². The highest BCUT2D eigenvalue weighted by atomic mass is 16.2. The Bertz CT molecular complexity index is 1230. The van der Waals surface area contributed by atoms with Crippen molar-refractivity contribution in [1.82, 2.24) is 25.4 Å². The lowest BCUT2D eigenvalue weighted by atomic mass is 10.0. The minimum atomic E-state index is -0.166. The van der Waals surface area contributed by atoms with E-state index in [1.807, 2.05) is 36.4 Å². The first-order chi connectivity index (χ1) is 18.5. The maximum absolute atomic E-state index is 13.2. The molecule has 38 heavy (non-hydrogen) atoms. The number of piperidine rings is 1. The molecule has 5 rings (SSSR count). The van der Waals surface area contributed by atoms with Gasteiger partial charge in [-0.15, -0.1) is 0 Å². The zero-order valence-electron chi connectivity index (χ0n) is 22.2. The third-order valence-electron chi connectivity index (χ3n) is 7.61. The number of nitrogens with one attached hydrogen (secondary N) is 2. The van der Waals surface area contributed by atoms with Crippen LogP contribution in [0.5, 0.6) is 0 Å². The lowest BCUT2D eigenvalue weighted by Gasteiger charge is -2.33. The van der Waals surface area contributed by atoms with Crippen LogP contribution in [0.25, 0.3) is 10.9 Å². The number of benzene rings is 2. The summed E-state index contributed by atoms with van der Waals surface area (Å²) >= 11 is 0. The Balaban J connectivity index is 1.11. The van der Waals surface area contributed by atoms with E-state index in [1.54, 1.807) is 0 Å². The minimum Gasteiger partial charge on any atom is -0.354 e. The molecule has 1 aromatic heterocycles. The van der Waals surface area contributed by atoms with Crippen LogP contribution in [0.15, 0.2) is 60.7 Å². The van der Waals surface area contributed by atoms with Gasteiger partial charge in [0.15, 0.2) is 0 Å². The molecule has 2 N–H and O–H groups in total. The standard InChI is InChI=1S/C30H38N6O2/c1-34-17-19-36(20-18-34)28-21-26(25-9-5-6-10-27(25)33-28)30(38)31-14-11-29(37)32-24-12-15-35(16-13-24)22-23-7-3-2-4-8-23/h2-10,21,24H,11-20,22H2,1H3,(H,31,38)(H,32,37). The van der Waals surface area contributed by atoms with E-state index in [0.717, 1.165) is 75.4 Å². The number of nitrogens with zero attached hydrogens (tertiary/aromatic N) is 4. The van der Waals surface area contributed by atoms with Crippen molar-refractivity contribution in [1.29, 1.82) is 0 Å². The van der Waals surface area contributed by atoms with Gasteiger partial charge in [-0.25, -0.2) is 4.98 Å². The number of para-hydroxylation sites is 1. The summed E-state index contributed by atoms with van der Waals surface area (Å²) in [6.07, 6.45) is 2.16. The molecule has 200 valence electrons. The predicted molar refractivity (Wildman–Crippen MR) is 151 cm³/mol. The van der Waals surface area contributed by atoms with E-state index in [0.29, 0.717) is 12.1 Å². The van der Waals surface area contributed by atoms with E-state index in [1.165, 1.54) is 5.56 Å². The molecular formula is C30H38N6O2. The quantitative estimate of drug-likeness (QED) is 0.481. The van der Waals surface area contributed by atoms with Crippen molar-refractivity contribution in [2.24, 2.45) is 0 Å². The third-order valence-corrected chi connectivity index (χ3v) is 7.61. The molecule has 0 bridgehead atoms. The van der Waals surface area contributed by atoms with Crippen LogP contribution < -0.4 is 15.5 Å². The Morgan fingerprint density at radius 1 is 0.921 bits per heavy atom. The van der Waals surface area contributed by atoms with E-state index < -0.39 is 0 Å². The highest BCUT2D eigenvalue weighted by molar-refractivity contribution is 6.07. The lowest BCUT2D eigenvalue weighted by Crippen LogP contribution is -2.45. The van der Waals surface area contributed by atoms with Crippen LogP contribution in [0.3, 0.4) is 0 Å². The molecule has 8 heteroatoms. The smallest absolute Gasteiger partial charge is 0.252 e. The monoisotopic (exact) mass is 514 g/mol. The summed E-state index contributed by atoms with van der Waals surface area (Å²) in [7, 11) is 2.12. The van der Waals surface area contributed by atoms with Crippen molar-refractivity contribution in [3.8, 4) is 0 Å². The molecule has 0 radical (unpaired) electrons. The second-order valence-corrected chi connectivity index (χ2v) is 10.4. The number of likely N-dealkylation sites (tertiary alicyclic amines) is 1. The van der Waals surface area contributed by atoms with E-state index >= 15 is 0 Å². The number of hydrogen-bond donors (Lipinski definition) is 2. The molecule has 0 saturated carbocycles. The number of pyridine rings is 1. The Morgan fingerprint density at radius 3 is 2.39 bits per heavy atom. The van der Waals surface area contributed by atoms with Gasteiger partial charge in [-0.1, -0.05) is 48.5 Å². The molecule has 2 saturated heterocycles. The Kier molecular flexibility index (Phi) is 8.51. The average Bonchev–Trinajstić information content (AvgIpc) is 2.94. The van der Waals surface area contributed by atoms with Crippen molar-refractivity contribution in [2.45, 2.75) is 31.8 Å². The van der Waals surface area contributed by atoms with Gasteiger partial charge in [0.25, 0.3) is 5.91 Å². The van der Waals surface area contributed by atoms with Crippen molar-refractivity contribution in [3.05, 3.63) is 71.8 Å². The van der Waals surface area contributed by atoms with Crippen LogP contribution in [0, 0.1) is 0 Å². The maximum Gasteiger partial charge on any atom is 0.252 e. The number of hydrogen-bond acceptors (Lipinski definition) is 6. The topological polar surface area (TPSA) is 80.8 Å². The van der Waals surface area contributed by atoms with Gasteiger partial charge >= 0.3 is 0 Å². The van der Waals surface area contributed by atoms with E-state index in [9.17, 15) is 9.59 Å². The second-order valence-electron chi connectivity index (χ2n) is 10.4. The predicted octanol–water partition coefficient (Wildman–Crippen LogP) is 2.89. The number of fused-ring (bicyclic) bond motifs is 1. The first kappa shape index (κ1) is 26.1. The second kappa shape index (κ2) is 12.4. The van der Waals surface area contributed by atoms with Crippen LogP contribution in [0.1, 0.15) is 35.2 Å². The Morgan fingerprint density at radius 2 is 1.63 bits per heavy atom. The van der Waals surface area contributed by atoms with Crippen molar-refractivity contribution in [3.63, 3.8) is 0 Å². The van der Waals surface area contributed by atoms with E-state index in [4.69, 9.17) is 4.98 Å². The minimum absolute atomic E-state index is 0.00970. The molecule has 3 aromatic rings. The van der Waals surface area contributed by atoms with Gasteiger partial charge in [-0.05, 0) is 37.6 Å². The van der Waals surface area contributed by atoms with Gasteiger partial charge in [0, 0.05) is 70.2 Å². The van der Waals surface area contributed by atoms with E-state index in [2.05, 4.69) is 56.6 Å². The summed E-state index contributed by atoms with van der Waals surface area (Å²) < 4.78 is 0. The fraction of sp³-hybridized carbons (Fsp3) is 0.433. The molecule has 0 aliphatic carbocycles. The first-order valence-corrected chi connectivity index (χ1v) is 13.7. The summed E-state index contributed by atoms with van der Waals surface area (Å²) in [5, 5.41) is 6.96. The van der Waals surface area contributed by atoms with Gasteiger partial charge in [0.2, 0.25) is 5.91 Å². The van der Waals surface area contributed by atoms with Gasteiger partial charge in [0.05, 0.1) is 11.1 Å². The molecule has 2 fully saturated rings. The summed E-state index contributed by atoms with van der Waals surface area (Å²) in [5.74, 6) is 0.656. The number of piperazine rings is 1. The van der Waals surface area contributed by atoms with Gasteiger partial charge in [-0.3, -0.25) is 14.5 Å². The highest BCUT2D eigenvalue weighted by Gasteiger charge is 2.22. The van der Waals surface area contributed by atoms with Crippen molar-refractivity contribution in [2.75, 3.05) is 57.8 Å². The summed E-state index contributed by atoms with van der Waals surface area (Å²) in [6, 6.07) is 20.3. The molecule has 8 nitrogen and oxygen atoms in total. The summed E-state index contributed by atoms with van der Waals surface area (Å²) in [5.41, 5.74) is 2.74. The van der Waals surface area contributed by atoms with Crippen LogP contribution in [0.4, 0.5) is 5.82 Å². The molecule has 2 amide bonds. The maximum atomic E-state index is 13.2. The fourth-order valence-electron chi connectivity index (χ4n) is 5.31. The van der Waals surface area contributed by atoms with Gasteiger partial charge in [0.1, 0.15) is 5.82 Å². The van der Waals surface area contributed by atoms with Crippen LogP contribution >= 0.6 is 0 Å². The molecule has 0 atom stereocenters. The first-order valence-electron chi connectivity index (χ1n) is 13.7. The number of aromatic nitrogens is 1. The average molecular weight is 515 g/mol. The molecule has 2 aliphatic rings. The molecule has 2 aromatic carbocycles. The summed E-state index contributed by atoms with van der Waals surface area (Å²) in [6.45, 7) is 6.91. The molecular weight excluding hydrogens is 476 g/mol. The summed E-state index contributed by atoms with van der Waals surface area (Å²) in [4.78, 5) is 37.6. The zero-order chi connectivity index (χ0) is 26.3. The zero-order valence-corrected chi connectivity index (χ0v) is 22.2. The number of carbonyl (C=O) groups excluding carboxylic acids is 2. The SMILES string of the molecule is CN1CCN(c2cc(C(=O)NCCC(=O)NC3CCN(Cc4ccccc4)CC3)c3ccccc3n2)CC1. The highest BCUT2D eigenvalue weighted by Crippen LogP contribution is 2.24. The molecule has 3 heterocycles. The number of anilines is 1. The third kappa shape index (κ3) is 6.68. The number of carbonyl (C=O) groups is 2. The van der Waals surface area contributed by atoms with Crippen molar-refractivity contribution >= 4 is 28.5 Å². The molecule has 2 aliphatic heterocycles. The normalized spacial score (nSPS) is 17.4. The molecule has 0 spiro atoms. The molecule has 0 unspecified atom stereocenters. The largest absolute Gasteiger partial charge is 0.354 e. The van der Waals surface area contributed by atoms with Crippen LogP contribution in [0.2, 0.25) is 0 Å². The van der Waals surface area contributed by atoms with Crippen LogP contribution in [-0.4, -0.2) is 85.5 Å². The fourth-order valence-corrected chi connectivity index (χ4v) is 5.31. The van der Waals surface area contributed by atoms with Crippen LogP contribution in [-0.2, 0) is 11.3 Å². The lowest BCUT2D eigenvalue weighted by molar-refractivity contribution is -0.122. The van der Waals surface area contributed by atoms with Crippen molar-refractivity contribution < 1.29 is 9.59 Å². The Hall–Kier alpha value is -3.49. The number of likely N-dealkylation sites (N-methyl/N-ethyl adjacent to an activating group) is 1. The van der Waals surface area contributed by atoms with E-state index in [-0.39, 0.29) is 24.3 Å².